The lowest BCUT2D eigenvalue weighted by Gasteiger charge is -2.10. The van der Waals surface area contributed by atoms with Gasteiger partial charge >= 0.3 is 0 Å². The molecule has 0 saturated heterocycles. The van der Waals surface area contributed by atoms with E-state index in [0.29, 0.717) is 6.61 Å². The number of benzene rings is 2. The Morgan fingerprint density at radius 3 is 2.30 bits per heavy atom. The summed E-state index contributed by atoms with van der Waals surface area (Å²) in [5.74, 6) is 0.906. The smallest absolute Gasteiger partial charge is 0.121 e. The first-order valence-electron chi connectivity index (χ1n) is 7.05. The minimum Gasteiger partial charge on any atom is -0.494 e. The number of hydrogen-bond donors (Lipinski definition) is 2. The van der Waals surface area contributed by atoms with Gasteiger partial charge in [-0.1, -0.05) is 23.8 Å². The molecule has 0 radical (unpaired) electrons. The van der Waals surface area contributed by atoms with Crippen molar-refractivity contribution < 1.29 is 4.74 Å². The van der Waals surface area contributed by atoms with Crippen molar-refractivity contribution in [2.45, 2.75) is 13.8 Å². The lowest BCUT2D eigenvalue weighted by atomic mass is 10.2. The summed E-state index contributed by atoms with van der Waals surface area (Å²) in [5.41, 5.74) is 3.52. The highest BCUT2D eigenvalue weighted by Gasteiger charge is 1.96. The largest absolute Gasteiger partial charge is 0.494 e. The molecule has 0 bridgehead atoms. The fraction of sp³-hybridized carbons (Fsp3) is 0.294. The first-order valence-corrected chi connectivity index (χ1v) is 7.05. The van der Waals surface area contributed by atoms with Crippen LogP contribution in [0.1, 0.15) is 12.5 Å². The number of hydrogen-bond acceptors (Lipinski definition) is 3. The number of rotatable bonds is 7. The van der Waals surface area contributed by atoms with Gasteiger partial charge in [0.1, 0.15) is 5.75 Å². The van der Waals surface area contributed by atoms with Gasteiger partial charge in [0.15, 0.2) is 0 Å². The molecule has 2 N–H and O–H groups in total. The van der Waals surface area contributed by atoms with Gasteiger partial charge in [0.2, 0.25) is 0 Å². The maximum Gasteiger partial charge on any atom is 0.121 e. The van der Waals surface area contributed by atoms with Crippen LogP contribution in [0.15, 0.2) is 48.5 Å². The molecule has 0 heterocycles. The van der Waals surface area contributed by atoms with Gasteiger partial charge in [-0.3, -0.25) is 0 Å². The van der Waals surface area contributed by atoms with Crippen molar-refractivity contribution in [1.82, 2.24) is 0 Å². The van der Waals surface area contributed by atoms with Gasteiger partial charge in [-0.15, -0.1) is 0 Å². The minimum absolute atomic E-state index is 0.693. The standard InChI is InChI=1S/C17H22N2O/c1-3-20-17-6-4-5-16(13-17)19-12-11-18-15-9-7-14(2)8-10-15/h4-10,13,18-19H,3,11-12H2,1-2H3. The second-order valence-electron chi connectivity index (χ2n) is 4.68. The second kappa shape index (κ2) is 7.43. The molecule has 2 aromatic carbocycles. The molecule has 0 aromatic heterocycles. The van der Waals surface area contributed by atoms with Crippen LogP contribution in [0.3, 0.4) is 0 Å². The van der Waals surface area contributed by atoms with Crippen LogP contribution in [0.25, 0.3) is 0 Å². The summed E-state index contributed by atoms with van der Waals surface area (Å²) in [7, 11) is 0. The van der Waals surface area contributed by atoms with Crippen LogP contribution in [0, 0.1) is 6.92 Å². The molecule has 3 heteroatoms. The number of nitrogens with one attached hydrogen (secondary N) is 2. The third-order valence-corrected chi connectivity index (χ3v) is 2.98. The van der Waals surface area contributed by atoms with E-state index < -0.39 is 0 Å². The molecule has 0 spiro atoms. The van der Waals surface area contributed by atoms with E-state index in [0.717, 1.165) is 30.2 Å². The monoisotopic (exact) mass is 270 g/mol. The Morgan fingerprint density at radius 2 is 1.60 bits per heavy atom. The molecule has 0 amide bonds. The summed E-state index contributed by atoms with van der Waals surface area (Å²) >= 11 is 0. The summed E-state index contributed by atoms with van der Waals surface area (Å²) in [4.78, 5) is 0. The van der Waals surface area contributed by atoms with E-state index in [1.165, 1.54) is 5.56 Å². The highest BCUT2D eigenvalue weighted by atomic mass is 16.5. The molecular formula is C17H22N2O. The molecule has 0 aliphatic carbocycles. The quantitative estimate of drug-likeness (QED) is 0.748. The zero-order valence-corrected chi connectivity index (χ0v) is 12.1. The first-order chi connectivity index (χ1) is 9.78. The van der Waals surface area contributed by atoms with E-state index in [4.69, 9.17) is 4.74 Å². The van der Waals surface area contributed by atoms with Crippen LogP contribution in [0.4, 0.5) is 11.4 Å². The molecule has 0 aliphatic heterocycles. The molecule has 3 nitrogen and oxygen atoms in total. The fourth-order valence-electron chi connectivity index (χ4n) is 1.95. The SMILES string of the molecule is CCOc1cccc(NCCNc2ccc(C)cc2)c1. The Hall–Kier alpha value is -2.16. The molecule has 106 valence electrons. The fourth-order valence-corrected chi connectivity index (χ4v) is 1.95. The summed E-state index contributed by atoms with van der Waals surface area (Å²) in [6, 6.07) is 16.5. The molecular weight excluding hydrogens is 248 g/mol. The molecule has 20 heavy (non-hydrogen) atoms. The average molecular weight is 270 g/mol. The molecule has 0 unspecified atom stereocenters. The van der Waals surface area contributed by atoms with Crippen LogP contribution in [-0.4, -0.2) is 19.7 Å². The van der Waals surface area contributed by atoms with E-state index in [-0.39, 0.29) is 0 Å². The first kappa shape index (κ1) is 14.3. The summed E-state index contributed by atoms with van der Waals surface area (Å²) in [6.07, 6.45) is 0. The Labute approximate surface area is 121 Å². The van der Waals surface area contributed by atoms with Gasteiger partial charge in [0, 0.05) is 30.5 Å². The van der Waals surface area contributed by atoms with Crippen LogP contribution in [-0.2, 0) is 0 Å². The van der Waals surface area contributed by atoms with E-state index in [2.05, 4.69) is 41.8 Å². The average Bonchev–Trinajstić information content (AvgIpc) is 2.46. The highest BCUT2D eigenvalue weighted by molar-refractivity contribution is 5.49. The number of anilines is 2. The van der Waals surface area contributed by atoms with Gasteiger partial charge in [-0.2, -0.15) is 0 Å². The van der Waals surface area contributed by atoms with Crippen molar-refractivity contribution >= 4 is 11.4 Å². The minimum atomic E-state index is 0.693. The Kier molecular flexibility index (Phi) is 5.30. The van der Waals surface area contributed by atoms with Crippen molar-refractivity contribution in [2.24, 2.45) is 0 Å². The van der Waals surface area contributed by atoms with Gasteiger partial charge in [0.25, 0.3) is 0 Å². The second-order valence-corrected chi connectivity index (χ2v) is 4.68. The zero-order valence-electron chi connectivity index (χ0n) is 12.1. The van der Waals surface area contributed by atoms with E-state index in [1.54, 1.807) is 0 Å². The molecule has 0 fully saturated rings. The topological polar surface area (TPSA) is 33.3 Å². The summed E-state index contributed by atoms with van der Waals surface area (Å²) < 4.78 is 5.48. The predicted molar refractivity (Wildman–Crippen MR) is 85.8 cm³/mol. The molecule has 0 aliphatic rings. The normalized spacial score (nSPS) is 10.1. The van der Waals surface area contributed by atoms with Gasteiger partial charge in [-0.25, -0.2) is 0 Å². The third kappa shape index (κ3) is 4.50. The Balaban J connectivity index is 1.75. The summed E-state index contributed by atoms with van der Waals surface area (Å²) in [5, 5.41) is 6.77. The van der Waals surface area contributed by atoms with Crippen LogP contribution >= 0.6 is 0 Å². The van der Waals surface area contributed by atoms with Gasteiger partial charge in [0.05, 0.1) is 6.61 Å². The van der Waals surface area contributed by atoms with E-state index >= 15 is 0 Å². The van der Waals surface area contributed by atoms with Gasteiger partial charge < -0.3 is 15.4 Å². The Bertz CT molecular complexity index is 523. The lowest BCUT2D eigenvalue weighted by molar-refractivity contribution is 0.340. The third-order valence-electron chi connectivity index (χ3n) is 2.98. The van der Waals surface area contributed by atoms with Crippen molar-refractivity contribution in [3.05, 3.63) is 54.1 Å². The molecule has 0 saturated carbocycles. The van der Waals surface area contributed by atoms with Crippen molar-refractivity contribution in [1.29, 1.82) is 0 Å². The molecule has 2 rings (SSSR count). The van der Waals surface area contributed by atoms with Crippen LogP contribution < -0.4 is 15.4 Å². The lowest BCUT2D eigenvalue weighted by Crippen LogP contribution is -2.13. The van der Waals surface area contributed by atoms with E-state index in [9.17, 15) is 0 Å². The van der Waals surface area contributed by atoms with Crippen LogP contribution in [0.2, 0.25) is 0 Å². The van der Waals surface area contributed by atoms with Crippen LogP contribution in [0.5, 0.6) is 5.75 Å². The maximum atomic E-state index is 5.48. The summed E-state index contributed by atoms with van der Waals surface area (Å²) in [6.45, 7) is 6.52. The predicted octanol–water partition coefficient (Wildman–Crippen LogP) is 3.92. The Morgan fingerprint density at radius 1 is 0.900 bits per heavy atom. The van der Waals surface area contributed by atoms with Crippen molar-refractivity contribution in [3.8, 4) is 5.75 Å². The number of ether oxygens (including phenoxy) is 1. The maximum absolute atomic E-state index is 5.48. The van der Waals surface area contributed by atoms with Crippen molar-refractivity contribution in [3.63, 3.8) is 0 Å². The van der Waals surface area contributed by atoms with E-state index in [1.807, 2.05) is 31.2 Å². The molecule has 2 aromatic rings. The van der Waals surface area contributed by atoms with Crippen molar-refractivity contribution in [2.75, 3.05) is 30.3 Å². The zero-order chi connectivity index (χ0) is 14.2. The highest BCUT2D eigenvalue weighted by Crippen LogP contribution is 2.17. The van der Waals surface area contributed by atoms with Gasteiger partial charge in [-0.05, 0) is 38.1 Å². The molecule has 0 atom stereocenters. The number of aryl methyl sites for hydroxylation is 1.